The van der Waals surface area contributed by atoms with Crippen molar-refractivity contribution >= 4 is 5.91 Å². The molecule has 0 atom stereocenters. The highest BCUT2D eigenvalue weighted by molar-refractivity contribution is 5.75. The molecule has 0 aromatic heterocycles. The van der Waals surface area contributed by atoms with E-state index in [1.807, 2.05) is 0 Å². The first-order valence-electron chi connectivity index (χ1n) is 5.04. The van der Waals surface area contributed by atoms with Crippen molar-refractivity contribution in [2.75, 3.05) is 6.54 Å². The van der Waals surface area contributed by atoms with E-state index in [-0.39, 0.29) is 18.0 Å². The van der Waals surface area contributed by atoms with Crippen LogP contribution < -0.4 is 11.1 Å². The van der Waals surface area contributed by atoms with Crippen LogP contribution in [0.2, 0.25) is 0 Å². The van der Waals surface area contributed by atoms with Crippen molar-refractivity contribution in [1.82, 2.24) is 5.32 Å². The zero-order valence-corrected chi connectivity index (χ0v) is 8.80. The Morgan fingerprint density at radius 2 is 2.12 bits per heavy atom. The summed E-state index contributed by atoms with van der Waals surface area (Å²) in [6, 6.07) is 3.26. The van der Waals surface area contributed by atoms with Gasteiger partial charge in [-0.2, -0.15) is 0 Å². The number of nitrogens with one attached hydrogen (secondary N) is 1. The topological polar surface area (TPSA) is 55.1 Å². The summed E-state index contributed by atoms with van der Waals surface area (Å²) in [4.78, 5) is 11.2. The second-order valence-corrected chi connectivity index (χ2v) is 3.40. The number of halogens is 2. The highest BCUT2D eigenvalue weighted by atomic mass is 19.1. The molecule has 0 bridgehead atoms. The van der Waals surface area contributed by atoms with Crippen LogP contribution in [0.25, 0.3) is 0 Å². The SMILES string of the molecule is NCCCC(=O)NCc1ccc(F)cc1F. The molecule has 1 rings (SSSR count). The molecule has 0 unspecified atom stereocenters. The highest BCUT2D eigenvalue weighted by Gasteiger charge is 2.05. The lowest BCUT2D eigenvalue weighted by Crippen LogP contribution is -2.23. The molecule has 3 nitrogen and oxygen atoms in total. The second kappa shape index (κ2) is 6.17. The van der Waals surface area contributed by atoms with Crippen LogP contribution in [0, 0.1) is 11.6 Å². The lowest BCUT2D eigenvalue weighted by Gasteiger charge is -2.05. The predicted octanol–water partition coefficient (Wildman–Crippen LogP) is 1.32. The number of carbonyl (C=O) groups is 1. The van der Waals surface area contributed by atoms with Gasteiger partial charge in [0.15, 0.2) is 0 Å². The minimum Gasteiger partial charge on any atom is -0.352 e. The Bertz CT molecular complexity index is 369. The Labute approximate surface area is 92.6 Å². The van der Waals surface area contributed by atoms with E-state index in [2.05, 4.69) is 5.32 Å². The molecular weight excluding hydrogens is 214 g/mol. The van der Waals surface area contributed by atoms with Gasteiger partial charge >= 0.3 is 0 Å². The van der Waals surface area contributed by atoms with E-state index < -0.39 is 11.6 Å². The molecule has 5 heteroatoms. The van der Waals surface area contributed by atoms with Crippen LogP contribution in [-0.2, 0) is 11.3 Å². The van der Waals surface area contributed by atoms with Gasteiger partial charge in [0, 0.05) is 24.6 Å². The molecule has 0 heterocycles. The van der Waals surface area contributed by atoms with Gasteiger partial charge in [-0.1, -0.05) is 6.07 Å². The highest BCUT2D eigenvalue weighted by Crippen LogP contribution is 2.09. The van der Waals surface area contributed by atoms with E-state index in [1.165, 1.54) is 6.07 Å². The van der Waals surface area contributed by atoms with Crippen molar-refractivity contribution in [3.63, 3.8) is 0 Å². The summed E-state index contributed by atoms with van der Waals surface area (Å²) in [6.07, 6.45) is 0.914. The molecule has 0 saturated carbocycles. The number of benzene rings is 1. The zero-order valence-electron chi connectivity index (χ0n) is 8.80. The van der Waals surface area contributed by atoms with Crippen molar-refractivity contribution < 1.29 is 13.6 Å². The van der Waals surface area contributed by atoms with Gasteiger partial charge in [0.2, 0.25) is 5.91 Å². The number of rotatable bonds is 5. The van der Waals surface area contributed by atoms with E-state index in [0.29, 0.717) is 19.4 Å². The maximum atomic E-state index is 13.1. The number of hydrogen-bond acceptors (Lipinski definition) is 2. The predicted molar refractivity (Wildman–Crippen MR) is 56.5 cm³/mol. The third-order valence-electron chi connectivity index (χ3n) is 2.10. The lowest BCUT2D eigenvalue weighted by molar-refractivity contribution is -0.121. The van der Waals surface area contributed by atoms with E-state index in [4.69, 9.17) is 5.73 Å². The maximum absolute atomic E-state index is 13.1. The quantitative estimate of drug-likeness (QED) is 0.798. The molecule has 0 aliphatic carbocycles. The minimum atomic E-state index is -0.654. The molecule has 0 spiro atoms. The molecule has 0 fully saturated rings. The molecule has 3 N–H and O–H groups in total. The van der Waals surface area contributed by atoms with E-state index >= 15 is 0 Å². The van der Waals surface area contributed by atoms with Crippen molar-refractivity contribution in [3.05, 3.63) is 35.4 Å². The number of hydrogen-bond donors (Lipinski definition) is 2. The smallest absolute Gasteiger partial charge is 0.220 e. The fourth-order valence-corrected chi connectivity index (χ4v) is 1.21. The number of amides is 1. The average molecular weight is 228 g/mol. The van der Waals surface area contributed by atoms with Crippen molar-refractivity contribution in [2.24, 2.45) is 5.73 Å². The fourth-order valence-electron chi connectivity index (χ4n) is 1.21. The summed E-state index contributed by atoms with van der Waals surface area (Å²) in [7, 11) is 0. The largest absolute Gasteiger partial charge is 0.352 e. The molecule has 0 aliphatic rings. The van der Waals surface area contributed by atoms with Gasteiger partial charge in [0.25, 0.3) is 0 Å². The summed E-state index contributed by atoms with van der Waals surface area (Å²) >= 11 is 0. The lowest BCUT2D eigenvalue weighted by atomic mass is 10.2. The van der Waals surface area contributed by atoms with E-state index in [0.717, 1.165) is 12.1 Å². The first-order valence-corrected chi connectivity index (χ1v) is 5.04. The molecule has 0 aliphatic heterocycles. The van der Waals surface area contributed by atoms with Gasteiger partial charge in [-0.05, 0) is 19.0 Å². The fraction of sp³-hybridized carbons (Fsp3) is 0.364. The zero-order chi connectivity index (χ0) is 12.0. The Morgan fingerprint density at radius 3 is 2.75 bits per heavy atom. The average Bonchev–Trinajstić information content (AvgIpc) is 2.25. The molecule has 16 heavy (non-hydrogen) atoms. The van der Waals surface area contributed by atoms with Crippen molar-refractivity contribution in [1.29, 1.82) is 0 Å². The summed E-state index contributed by atoms with van der Waals surface area (Å²) < 4.78 is 25.7. The summed E-state index contributed by atoms with van der Waals surface area (Å²) in [5.74, 6) is -1.47. The summed E-state index contributed by atoms with van der Waals surface area (Å²) in [5, 5.41) is 2.54. The normalized spacial score (nSPS) is 10.2. The van der Waals surface area contributed by atoms with Crippen LogP contribution in [0.4, 0.5) is 8.78 Å². The van der Waals surface area contributed by atoms with Crippen LogP contribution in [0.1, 0.15) is 18.4 Å². The molecule has 0 saturated heterocycles. The van der Waals surface area contributed by atoms with Gasteiger partial charge in [0.1, 0.15) is 11.6 Å². The number of nitrogens with two attached hydrogens (primary N) is 1. The van der Waals surface area contributed by atoms with Gasteiger partial charge < -0.3 is 11.1 Å². The van der Waals surface area contributed by atoms with E-state index in [9.17, 15) is 13.6 Å². The second-order valence-electron chi connectivity index (χ2n) is 3.40. The van der Waals surface area contributed by atoms with Gasteiger partial charge in [0.05, 0.1) is 0 Å². The Morgan fingerprint density at radius 1 is 1.38 bits per heavy atom. The van der Waals surface area contributed by atoms with Crippen LogP contribution in [0.3, 0.4) is 0 Å². The maximum Gasteiger partial charge on any atom is 0.220 e. The summed E-state index contributed by atoms with van der Waals surface area (Å²) in [6.45, 7) is 0.508. The molecule has 0 radical (unpaired) electrons. The standard InChI is InChI=1S/C11H14F2N2O/c12-9-4-3-8(10(13)6-9)7-15-11(16)2-1-5-14/h3-4,6H,1-2,5,7,14H2,(H,15,16). The van der Waals surface area contributed by atoms with Crippen LogP contribution in [-0.4, -0.2) is 12.5 Å². The molecular formula is C11H14F2N2O. The van der Waals surface area contributed by atoms with Crippen LogP contribution >= 0.6 is 0 Å². The number of carbonyl (C=O) groups excluding carboxylic acids is 1. The van der Waals surface area contributed by atoms with Crippen LogP contribution in [0.15, 0.2) is 18.2 Å². The molecule has 1 amide bonds. The van der Waals surface area contributed by atoms with Crippen molar-refractivity contribution in [3.8, 4) is 0 Å². The van der Waals surface area contributed by atoms with Gasteiger partial charge in [-0.25, -0.2) is 8.78 Å². The summed E-state index contributed by atoms with van der Waals surface area (Å²) in [5.41, 5.74) is 5.51. The van der Waals surface area contributed by atoms with Crippen LogP contribution in [0.5, 0.6) is 0 Å². The Kier molecular flexibility index (Phi) is 4.85. The monoisotopic (exact) mass is 228 g/mol. The van der Waals surface area contributed by atoms with Gasteiger partial charge in [-0.15, -0.1) is 0 Å². The molecule has 1 aromatic rings. The first kappa shape index (κ1) is 12.6. The minimum absolute atomic E-state index is 0.0650. The Balaban J connectivity index is 2.45. The third-order valence-corrected chi connectivity index (χ3v) is 2.10. The first-order chi connectivity index (χ1) is 7.63. The van der Waals surface area contributed by atoms with Gasteiger partial charge in [-0.3, -0.25) is 4.79 Å². The van der Waals surface area contributed by atoms with E-state index in [1.54, 1.807) is 0 Å². The Hall–Kier alpha value is -1.49. The molecule has 88 valence electrons. The third kappa shape index (κ3) is 3.94. The van der Waals surface area contributed by atoms with Crippen molar-refractivity contribution in [2.45, 2.75) is 19.4 Å². The molecule has 1 aromatic carbocycles.